The summed E-state index contributed by atoms with van der Waals surface area (Å²) in [5.74, 6) is -1.34. The first kappa shape index (κ1) is 19.0. The molecule has 6 nitrogen and oxygen atoms in total. The molecule has 0 aromatic heterocycles. The Kier molecular flexibility index (Phi) is 5.33. The van der Waals surface area contributed by atoms with Crippen molar-refractivity contribution in [2.75, 3.05) is 13.7 Å². The Balaban J connectivity index is 2.05. The van der Waals surface area contributed by atoms with Gasteiger partial charge in [-0.05, 0) is 29.7 Å². The molecule has 28 heavy (non-hydrogen) atoms. The first-order valence-corrected chi connectivity index (χ1v) is 8.85. The van der Waals surface area contributed by atoms with Crippen molar-refractivity contribution < 1.29 is 14.6 Å². The predicted octanol–water partition coefficient (Wildman–Crippen LogP) is 3.48. The number of hydrogen-bond acceptors (Lipinski definition) is 5. The highest BCUT2D eigenvalue weighted by molar-refractivity contribution is 5.78. The zero-order valence-corrected chi connectivity index (χ0v) is 15.6. The van der Waals surface area contributed by atoms with E-state index < -0.39 is 17.9 Å². The molecule has 6 heteroatoms. The van der Waals surface area contributed by atoms with Crippen LogP contribution in [-0.2, 0) is 9.53 Å². The number of benzene rings is 2. The maximum Gasteiger partial charge on any atom is 0.327 e. The molecule has 1 N–H and O–H groups in total. The second-order valence-electron chi connectivity index (χ2n) is 6.41. The Hall–Kier alpha value is -3.77. The molecule has 0 saturated carbocycles. The van der Waals surface area contributed by atoms with Crippen LogP contribution in [0.2, 0.25) is 0 Å². The van der Waals surface area contributed by atoms with Gasteiger partial charge in [0.05, 0.1) is 29.7 Å². The number of ether oxygens (including phenoxy) is 1. The van der Waals surface area contributed by atoms with Crippen molar-refractivity contribution in [1.82, 2.24) is 4.90 Å². The number of carbonyl (C=O) groups is 1. The maximum atomic E-state index is 11.9. The molecule has 0 saturated heterocycles. The van der Waals surface area contributed by atoms with Gasteiger partial charge < -0.3 is 14.7 Å². The summed E-state index contributed by atoms with van der Waals surface area (Å²) < 4.78 is 5.56. The second-order valence-corrected chi connectivity index (χ2v) is 6.41. The van der Waals surface area contributed by atoms with E-state index in [-0.39, 0.29) is 0 Å². The van der Waals surface area contributed by atoms with E-state index in [4.69, 9.17) is 4.74 Å². The van der Waals surface area contributed by atoms with Gasteiger partial charge in [0.15, 0.2) is 0 Å². The predicted molar refractivity (Wildman–Crippen MR) is 103 cm³/mol. The fraction of sp³-hybridized carbons (Fsp3) is 0.227. The van der Waals surface area contributed by atoms with E-state index in [9.17, 15) is 20.4 Å². The van der Waals surface area contributed by atoms with Crippen molar-refractivity contribution in [2.24, 2.45) is 0 Å². The van der Waals surface area contributed by atoms with E-state index in [2.05, 4.69) is 12.1 Å². The van der Waals surface area contributed by atoms with Crippen LogP contribution >= 0.6 is 0 Å². The zero-order chi connectivity index (χ0) is 20.3. The fourth-order valence-corrected chi connectivity index (χ4v) is 3.62. The average Bonchev–Trinajstić information content (AvgIpc) is 3.00. The van der Waals surface area contributed by atoms with Crippen LogP contribution in [0.15, 0.2) is 60.0 Å². The summed E-state index contributed by atoms with van der Waals surface area (Å²) in [6, 6.07) is 18.0. The van der Waals surface area contributed by atoms with Gasteiger partial charge in [-0.3, -0.25) is 0 Å². The van der Waals surface area contributed by atoms with Crippen LogP contribution in [0.25, 0.3) is 11.1 Å². The number of nitriles is 2. The van der Waals surface area contributed by atoms with Crippen LogP contribution in [0.3, 0.4) is 0 Å². The van der Waals surface area contributed by atoms with Crippen molar-refractivity contribution >= 4 is 5.97 Å². The Bertz CT molecular complexity index is 1010. The van der Waals surface area contributed by atoms with E-state index in [1.54, 1.807) is 20.0 Å². The lowest BCUT2D eigenvalue weighted by atomic mass is 9.86. The Morgan fingerprint density at radius 2 is 1.82 bits per heavy atom. The molecule has 1 heterocycles. The Labute approximate surface area is 163 Å². The molecule has 0 amide bonds. The molecule has 140 valence electrons. The van der Waals surface area contributed by atoms with Crippen LogP contribution in [-0.4, -0.2) is 35.7 Å². The molecule has 0 spiro atoms. The molecule has 2 atom stereocenters. The Morgan fingerprint density at radius 3 is 2.39 bits per heavy atom. The summed E-state index contributed by atoms with van der Waals surface area (Å²) >= 11 is 0. The first-order valence-electron chi connectivity index (χ1n) is 8.85. The van der Waals surface area contributed by atoms with Crippen LogP contribution in [0, 0.1) is 22.7 Å². The summed E-state index contributed by atoms with van der Waals surface area (Å²) in [5, 5.41) is 28.7. The fourth-order valence-electron chi connectivity index (χ4n) is 3.62. The number of carboxylic acid groups (broad SMARTS) is 1. The minimum Gasteiger partial charge on any atom is -0.480 e. The van der Waals surface area contributed by atoms with Gasteiger partial charge in [0.25, 0.3) is 0 Å². The molecule has 3 rings (SSSR count). The summed E-state index contributed by atoms with van der Waals surface area (Å²) in [6.07, 6.45) is 0. The van der Waals surface area contributed by atoms with E-state index in [1.807, 2.05) is 42.5 Å². The van der Waals surface area contributed by atoms with Crippen molar-refractivity contribution in [3.05, 3.63) is 71.1 Å². The molecule has 2 unspecified atom stereocenters. The third-order valence-electron chi connectivity index (χ3n) is 4.88. The van der Waals surface area contributed by atoms with Gasteiger partial charge in [-0.1, -0.05) is 42.5 Å². The average molecular weight is 373 g/mol. The van der Waals surface area contributed by atoms with Gasteiger partial charge in [-0.25, -0.2) is 4.79 Å². The van der Waals surface area contributed by atoms with Crippen LogP contribution < -0.4 is 0 Å². The van der Waals surface area contributed by atoms with E-state index in [0.29, 0.717) is 29.2 Å². The third-order valence-corrected chi connectivity index (χ3v) is 4.88. The summed E-state index contributed by atoms with van der Waals surface area (Å²) in [5.41, 5.74) is 3.24. The van der Waals surface area contributed by atoms with Crippen LogP contribution in [0.4, 0.5) is 0 Å². The summed E-state index contributed by atoms with van der Waals surface area (Å²) in [7, 11) is 1.62. The van der Waals surface area contributed by atoms with Gasteiger partial charge in [0.2, 0.25) is 5.88 Å². The number of nitrogens with zero attached hydrogens (tertiary/aromatic N) is 3. The highest BCUT2D eigenvalue weighted by atomic mass is 16.5. The lowest BCUT2D eigenvalue weighted by Crippen LogP contribution is -2.37. The molecular weight excluding hydrogens is 354 g/mol. The number of carboxylic acids is 1. The monoisotopic (exact) mass is 373 g/mol. The number of aliphatic carboxylic acids is 1. The van der Waals surface area contributed by atoms with Gasteiger partial charge >= 0.3 is 5.97 Å². The quantitative estimate of drug-likeness (QED) is 0.862. The zero-order valence-electron chi connectivity index (χ0n) is 15.6. The van der Waals surface area contributed by atoms with Crippen molar-refractivity contribution in [3.8, 4) is 23.3 Å². The number of rotatable bonds is 5. The normalized spacial score (nSPS) is 18.5. The topological polar surface area (TPSA) is 97.3 Å². The third kappa shape index (κ3) is 3.17. The molecule has 2 aromatic carbocycles. The molecule has 0 radical (unpaired) electrons. The molecule has 0 fully saturated rings. The number of hydrogen-bond donors (Lipinski definition) is 1. The van der Waals surface area contributed by atoms with Gasteiger partial charge in [0, 0.05) is 7.05 Å². The van der Waals surface area contributed by atoms with Gasteiger partial charge in [-0.15, -0.1) is 0 Å². The first-order chi connectivity index (χ1) is 13.5. The summed E-state index contributed by atoms with van der Waals surface area (Å²) in [4.78, 5) is 13.4. The van der Waals surface area contributed by atoms with Crippen LogP contribution in [0.1, 0.15) is 24.0 Å². The lowest BCUT2D eigenvalue weighted by Gasteiger charge is -2.24. The van der Waals surface area contributed by atoms with Crippen LogP contribution in [0.5, 0.6) is 0 Å². The molecule has 0 bridgehead atoms. The standard InChI is InChI=1S/C22H19N3O3/c1-3-28-21-18(13-24)19(20(22(26)27)25(21)2)15-10-8-14(9-11-15)17-7-5-4-6-16(17)12-23/h4-11,19-20H,3H2,1-2H3,(H,26,27). The number of likely N-dealkylation sites (N-methyl/N-ethyl adjacent to an activating group) is 1. The minimum absolute atomic E-state index is 0.307. The van der Waals surface area contributed by atoms with Crippen molar-refractivity contribution in [1.29, 1.82) is 10.5 Å². The molecule has 2 aromatic rings. The van der Waals surface area contributed by atoms with Crippen molar-refractivity contribution in [2.45, 2.75) is 18.9 Å². The van der Waals surface area contributed by atoms with E-state index >= 15 is 0 Å². The minimum atomic E-state index is -1.02. The highest BCUT2D eigenvalue weighted by Gasteiger charge is 2.45. The van der Waals surface area contributed by atoms with Gasteiger partial charge in [0.1, 0.15) is 12.1 Å². The molecule has 1 aliphatic heterocycles. The van der Waals surface area contributed by atoms with E-state index in [0.717, 1.165) is 11.1 Å². The second kappa shape index (κ2) is 7.85. The van der Waals surface area contributed by atoms with E-state index in [1.165, 1.54) is 4.90 Å². The highest BCUT2D eigenvalue weighted by Crippen LogP contribution is 2.41. The largest absolute Gasteiger partial charge is 0.480 e. The SMILES string of the molecule is CCOC1=C(C#N)C(c2ccc(-c3ccccc3C#N)cc2)C(C(=O)O)N1C. The smallest absolute Gasteiger partial charge is 0.327 e. The van der Waals surface area contributed by atoms with Gasteiger partial charge in [-0.2, -0.15) is 10.5 Å². The summed E-state index contributed by atoms with van der Waals surface area (Å²) in [6.45, 7) is 2.13. The maximum absolute atomic E-state index is 11.9. The molecule has 1 aliphatic rings. The van der Waals surface area contributed by atoms with Crippen molar-refractivity contribution in [3.63, 3.8) is 0 Å². The Morgan fingerprint density at radius 1 is 1.14 bits per heavy atom. The lowest BCUT2D eigenvalue weighted by molar-refractivity contribution is -0.142. The molecule has 0 aliphatic carbocycles. The molecular formula is C22H19N3O3.